The van der Waals surface area contributed by atoms with Crippen LogP contribution in [0, 0.1) is 0 Å². The third kappa shape index (κ3) is 6.87. The van der Waals surface area contributed by atoms with E-state index in [4.69, 9.17) is 9.16 Å². The molecular weight excluding hydrogens is 410 g/mol. The fourth-order valence-corrected chi connectivity index (χ4v) is 5.36. The van der Waals surface area contributed by atoms with Crippen LogP contribution in [0.2, 0.25) is 18.1 Å². The van der Waals surface area contributed by atoms with E-state index in [1.165, 1.54) is 15.6 Å². The topological polar surface area (TPSA) is 41.9 Å². The van der Waals surface area contributed by atoms with Crippen LogP contribution < -0.4 is 0 Å². The Balaban J connectivity index is 1.77. The van der Waals surface area contributed by atoms with Crippen molar-refractivity contribution in [1.82, 2.24) is 4.90 Å². The first-order chi connectivity index (χ1) is 13.7. The fourth-order valence-electron chi connectivity index (χ4n) is 2.93. The Morgan fingerprint density at radius 3 is 2.37 bits per heavy atom. The van der Waals surface area contributed by atoms with Crippen molar-refractivity contribution >= 4 is 29.7 Å². The molecule has 2 aromatic rings. The lowest BCUT2D eigenvalue weighted by molar-refractivity contribution is 0.0228. The average molecular weight is 452 g/mol. The molecule has 1 aromatic carbocycles. The molecule has 0 spiro atoms. The summed E-state index contributed by atoms with van der Waals surface area (Å²) in [7, 11) is 0.344. The zero-order valence-electron chi connectivity index (χ0n) is 20.3. The van der Waals surface area contributed by atoms with Crippen molar-refractivity contribution in [3.63, 3.8) is 0 Å². The lowest BCUT2D eigenvalue weighted by Crippen LogP contribution is -2.48. The number of likely N-dealkylation sites (N-methyl/N-ethyl adjacent to an activating group) is 1. The van der Waals surface area contributed by atoms with Crippen LogP contribution in [0.3, 0.4) is 0 Å². The van der Waals surface area contributed by atoms with E-state index in [2.05, 4.69) is 77.0 Å². The van der Waals surface area contributed by atoms with Crippen LogP contribution in [0.1, 0.15) is 52.0 Å². The van der Waals surface area contributed by atoms with E-state index < -0.39 is 13.9 Å². The molecule has 30 heavy (non-hydrogen) atoms. The number of ether oxygens (including phenoxy) is 1. The summed E-state index contributed by atoms with van der Waals surface area (Å²) >= 11 is 1.66. The Kier molecular flexibility index (Phi) is 8.33. The highest BCUT2D eigenvalue weighted by Gasteiger charge is 2.38. The number of aliphatic hydroxyl groups is 1. The lowest BCUT2D eigenvalue weighted by Gasteiger charge is -2.40. The van der Waals surface area contributed by atoms with Gasteiger partial charge in [-0.2, -0.15) is 0 Å². The maximum Gasteiger partial charge on any atom is 0.194 e. The number of nitrogens with zero attached hydrogens (tertiary/aromatic N) is 1. The summed E-state index contributed by atoms with van der Waals surface area (Å²) in [6.07, 6.45) is 0.990. The first kappa shape index (κ1) is 25.5. The lowest BCUT2D eigenvalue weighted by atomic mass is 10.1. The van der Waals surface area contributed by atoms with E-state index in [1.54, 1.807) is 11.3 Å². The Hall–Kier alpha value is -0.763. The van der Waals surface area contributed by atoms with Crippen molar-refractivity contribution < 1.29 is 14.3 Å². The summed E-state index contributed by atoms with van der Waals surface area (Å²) in [5.74, 6) is 0. The van der Waals surface area contributed by atoms with E-state index in [0.717, 1.165) is 17.8 Å². The highest BCUT2D eigenvalue weighted by Crippen LogP contribution is 2.37. The number of fused-ring (bicyclic) bond motifs is 1. The fraction of sp³-hybridized carbons (Fsp3) is 0.667. The van der Waals surface area contributed by atoms with Crippen LogP contribution in [0.25, 0.3) is 10.1 Å². The first-order valence-electron chi connectivity index (χ1n) is 10.9. The van der Waals surface area contributed by atoms with E-state index in [1.807, 2.05) is 13.8 Å². The smallest absolute Gasteiger partial charge is 0.194 e. The van der Waals surface area contributed by atoms with Crippen LogP contribution in [0.5, 0.6) is 0 Å². The summed E-state index contributed by atoms with van der Waals surface area (Å²) in [6.45, 7) is 19.5. The standard InChI is InChI=1S/C24H41NO3SSi/c1-18(28-30(8,9)23(2,3)4)25(7)13-15-27-14-12-19-10-11-21-20(16-19)17-22(29-21)24(5,6)26/h10-11,16-18,26H,12-15H2,1-9H3. The zero-order valence-corrected chi connectivity index (χ0v) is 22.2. The second-order valence-electron chi connectivity index (χ2n) is 10.4. The number of hydrogen-bond acceptors (Lipinski definition) is 5. The summed E-state index contributed by atoms with van der Waals surface area (Å²) in [5, 5.41) is 11.6. The minimum Gasteiger partial charge on any atom is -0.402 e. The molecule has 6 heteroatoms. The molecule has 1 aromatic heterocycles. The van der Waals surface area contributed by atoms with Gasteiger partial charge in [-0.1, -0.05) is 32.9 Å². The molecule has 1 atom stereocenters. The maximum absolute atomic E-state index is 10.2. The molecule has 2 rings (SSSR count). The molecule has 1 heterocycles. The Bertz CT molecular complexity index is 820. The Morgan fingerprint density at radius 1 is 1.10 bits per heavy atom. The molecule has 0 saturated carbocycles. The molecule has 4 nitrogen and oxygen atoms in total. The molecule has 0 saturated heterocycles. The van der Waals surface area contributed by atoms with Gasteiger partial charge in [0.2, 0.25) is 0 Å². The predicted molar refractivity (Wildman–Crippen MR) is 132 cm³/mol. The quantitative estimate of drug-likeness (QED) is 0.274. The number of thiophene rings is 1. The monoisotopic (exact) mass is 451 g/mol. The van der Waals surface area contributed by atoms with Gasteiger partial charge in [0.1, 0.15) is 0 Å². The summed E-state index contributed by atoms with van der Waals surface area (Å²) < 4.78 is 13.6. The van der Waals surface area contributed by atoms with Gasteiger partial charge in [0.15, 0.2) is 8.32 Å². The van der Waals surface area contributed by atoms with Gasteiger partial charge in [0.05, 0.1) is 25.0 Å². The molecule has 0 bridgehead atoms. The molecule has 0 aliphatic heterocycles. The first-order valence-corrected chi connectivity index (χ1v) is 14.6. The van der Waals surface area contributed by atoms with Crippen molar-refractivity contribution in [1.29, 1.82) is 0 Å². The molecule has 0 amide bonds. The minimum absolute atomic E-state index is 0.0976. The molecule has 0 radical (unpaired) electrons. The van der Waals surface area contributed by atoms with Crippen LogP contribution in [-0.4, -0.2) is 51.4 Å². The summed E-state index contributed by atoms with van der Waals surface area (Å²) in [6, 6.07) is 8.63. The third-order valence-corrected chi connectivity index (χ3v) is 12.2. The Morgan fingerprint density at radius 2 is 1.77 bits per heavy atom. The van der Waals surface area contributed by atoms with Gasteiger partial charge in [-0.3, -0.25) is 4.90 Å². The van der Waals surface area contributed by atoms with Gasteiger partial charge in [-0.15, -0.1) is 11.3 Å². The van der Waals surface area contributed by atoms with Crippen molar-refractivity contribution in [2.45, 2.75) is 77.9 Å². The van der Waals surface area contributed by atoms with E-state index in [0.29, 0.717) is 13.2 Å². The van der Waals surface area contributed by atoms with Crippen LogP contribution in [0.4, 0.5) is 0 Å². The maximum atomic E-state index is 10.2. The van der Waals surface area contributed by atoms with Gasteiger partial charge in [-0.25, -0.2) is 0 Å². The SMILES string of the molecule is CC(O[Si](C)(C)C(C)(C)C)N(C)CCOCCc1ccc2sc(C(C)(C)O)cc2c1. The Labute approximate surface area is 188 Å². The van der Waals surface area contributed by atoms with Gasteiger partial charge in [0.25, 0.3) is 0 Å². The van der Waals surface area contributed by atoms with Crippen molar-refractivity contribution in [2.75, 3.05) is 26.8 Å². The third-order valence-electron chi connectivity index (χ3n) is 6.20. The van der Waals surface area contributed by atoms with Crippen molar-refractivity contribution in [3.8, 4) is 0 Å². The number of hydrogen-bond donors (Lipinski definition) is 1. The van der Waals surface area contributed by atoms with Crippen LogP contribution >= 0.6 is 11.3 Å². The van der Waals surface area contributed by atoms with Crippen molar-refractivity contribution in [2.24, 2.45) is 0 Å². The van der Waals surface area contributed by atoms with Gasteiger partial charge in [-0.05, 0) is 75.5 Å². The molecule has 0 aliphatic rings. The summed E-state index contributed by atoms with van der Waals surface area (Å²) in [4.78, 5) is 3.23. The van der Waals surface area contributed by atoms with Crippen LogP contribution in [0.15, 0.2) is 24.3 Å². The highest BCUT2D eigenvalue weighted by atomic mass is 32.1. The molecular formula is C24H41NO3SSi. The normalized spacial score (nSPS) is 14.6. The van der Waals surface area contributed by atoms with Gasteiger partial charge < -0.3 is 14.3 Å². The van der Waals surface area contributed by atoms with Gasteiger partial charge in [0, 0.05) is 16.1 Å². The van der Waals surface area contributed by atoms with Gasteiger partial charge >= 0.3 is 0 Å². The van der Waals surface area contributed by atoms with E-state index >= 15 is 0 Å². The summed E-state index contributed by atoms with van der Waals surface area (Å²) in [5.41, 5.74) is 0.482. The second kappa shape index (κ2) is 9.80. The number of benzene rings is 1. The average Bonchev–Trinajstić information content (AvgIpc) is 3.03. The molecule has 0 aliphatic carbocycles. The van der Waals surface area contributed by atoms with E-state index in [-0.39, 0.29) is 11.3 Å². The minimum atomic E-state index is -1.76. The van der Waals surface area contributed by atoms with Crippen LogP contribution in [-0.2, 0) is 21.2 Å². The largest absolute Gasteiger partial charge is 0.402 e. The number of rotatable bonds is 10. The molecule has 1 unspecified atom stereocenters. The van der Waals surface area contributed by atoms with Crippen molar-refractivity contribution in [3.05, 3.63) is 34.7 Å². The zero-order chi connectivity index (χ0) is 22.7. The highest BCUT2D eigenvalue weighted by molar-refractivity contribution is 7.19. The predicted octanol–water partition coefficient (Wildman–Crippen LogP) is 5.99. The molecule has 1 N–H and O–H groups in total. The second-order valence-corrected chi connectivity index (χ2v) is 16.2. The molecule has 170 valence electrons. The molecule has 0 fully saturated rings. The van der Waals surface area contributed by atoms with E-state index in [9.17, 15) is 5.11 Å².